The molecule has 0 spiro atoms. The molecule has 0 radical (unpaired) electrons. The lowest BCUT2D eigenvalue weighted by Crippen LogP contribution is -2.21. The van der Waals surface area contributed by atoms with Crippen LogP contribution in [0, 0.1) is 11.6 Å². The first-order valence-corrected chi connectivity index (χ1v) is 5.70. The number of rotatable bonds is 4. The molecule has 0 amide bonds. The molecule has 1 unspecified atom stereocenters. The van der Waals surface area contributed by atoms with Crippen molar-refractivity contribution in [3.05, 3.63) is 53.6 Å². The summed E-state index contributed by atoms with van der Waals surface area (Å²) in [6, 6.07) is 4.13. The van der Waals surface area contributed by atoms with Gasteiger partial charge in [-0.05, 0) is 25.1 Å². The summed E-state index contributed by atoms with van der Waals surface area (Å²) in [7, 11) is 3.66. The van der Waals surface area contributed by atoms with E-state index in [0.29, 0.717) is 12.0 Å². The fourth-order valence-electron chi connectivity index (χ4n) is 1.98. The van der Waals surface area contributed by atoms with Crippen LogP contribution in [0.4, 0.5) is 8.78 Å². The van der Waals surface area contributed by atoms with Gasteiger partial charge in [-0.3, -0.25) is 0 Å². The average Bonchev–Trinajstić information content (AvgIpc) is 2.77. The minimum absolute atomic E-state index is 0.103. The van der Waals surface area contributed by atoms with Crippen molar-refractivity contribution in [2.75, 3.05) is 7.05 Å². The number of halogens is 2. The van der Waals surface area contributed by atoms with Crippen molar-refractivity contribution in [2.24, 2.45) is 7.05 Å². The van der Waals surface area contributed by atoms with Crippen molar-refractivity contribution in [2.45, 2.75) is 12.5 Å². The van der Waals surface area contributed by atoms with Crippen LogP contribution in [0.1, 0.15) is 17.3 Å². The van der Waals surface area contributed by atoms with Gasteiger partial charge in [-0.1, -0.05) is 12.1 Å². The smallest absolute Gasteiger partial charge is 0.162 e. The van der Waals surface area contributed by atoms with Gasteiger partial charge in [-0.2, -0.15) is 0 Å². The van der Waals surface area contributed by atoms with Crippen molar-refractivity contribution >= 4 is 0 Å². The highest BCUT2D eigenvalue weighted by Gasteiger charge is 2.17. The van der Waals surface area contributed by atoms with Crippen LogP contribution in [-0.2, 0) is 13.5 Å². The van der Waals surface area contributed by atoms with Gasteiger partial charge in [-0.25, -0.2) is 13.8 Å². The average molecular weight is 251 g/mol. The summed E-state index contributed by atoms with van der Waals surface area (Å²) >= 11 is 0. The Morgan fingerprint density at radius 2 is 2.17 bits per heavy atom. The quantitative estimate of drug-likeness (QED) is 0.902. The molecule has 0 fully saturated rings. The molecule has 0 saturated heterocycles. The Bertz CT molecular complexity index is 537. The topological polar surface area (TPSA) is 29.9 Å². The van der Waals surface area contributed by atoms with Crippen LogP contribution in [0.3, 0.4) is 0 Å². The van der Waals surface area contributed by atoms with Crippen LogP contribution in [0.25, 0.3) is 0 Å². The third-order valence-electron chi connectivity index (χ3n) is 3.02. The number of nitrogens with one attached hydrogen (secondary N) is 1. The SMILES string of the molecule is CNC(Cc1cccc(F)c1F)c1cncn1C. The lowest BCUT2D eigenvalue weighted by atomic mass is 10.0. The molecule has 0 saturated carbocycles. The summed E-state index contributed by atoms with van der Waals surface area (Å²) in [6.07, 6.45) is 3.78. The van der Waals surface area contributed by atoms with E-state index in [-0.39, 0.29) is 6.04 Å². The lowest BCUT2D eigenvalue weighted by molar-refractivity contribution is 0.482. The van der Waals surface area contributed by atoms with Crippen LogP contribution >= 0.6 is 0 Å². The summed E-state index contributed by atoms with van der Waals surface area (Å²) in [5.41, 5.74) is 1.29. The van der Waals surface area contributed by atoms with E-state index in [1.54, 1.807) is 25.6 Å². The zero-order valence-corrected chi connectivity index (χ0v) is 10.3. The summed E-state index contributed by atoms with van der Waals surface area (Å²) in [4.78, 5) is 4.03. The highest BCUT2D eigenvalue weighted by Crippen LogP contribution is 2.20. The van der Waals surface area contributed by atoms with E-state index < -0.39 is 11.6 Å². The van der Waals surface area contributed by atoms with Crippen molar-refractivity contribution < 1.29 is 8.78 Å². The van der Waals surface area contributed by atoms with Crippen molar-refractivity contribution in [3.63, 3.8) is 0 Å². The molecule has 1 aromatic carbocycles. The Labute approximate surface area is 104 Å². The number of benzene rings is 1. The van der Waals surface area contributed by atoms with Crippen molar-refractivity contribution in [1.82, 2.24) is 14.9 Å². The predicted molar refractivity (Wildman–Crippen MR) is 65.1 cm³/mol. The highest BCUT2D eigenvalue weighted by molar-refractivity contribution is 5.22. The summed E-state index contributed by atoms with van der Waals surface area (Å²) in [5.74, 6) is -1.59. The fourth-order valence-corrected chi connectivity index (χ4v) is 1.98. The lowest BCUT2D eigenvalue weighted by Gasteiger charge is -2.17. The van der Waals surface area contributed by atoms with Gasteiger partial charge in [0.1, 0.15) is 0 Å². The van der Waals surface area contributed by atoms with Gasteiger partial charge in [0, 0.05) is 13.2 Å². The third-order valence-corrected chi connectivity index (χ3v) is 3.02. The largest absolute Gasteiger partial charge is 0.336 e. The second kappa shape index (κ2) is 5.27. The van der Waals surface area contributed by atoms with Gasteiger partial charge < -0.3 is 9.88 Å². The number of nitrogens with zero attached hydrogens (tertiary/aromatic N) is 2. The second-order valence-corrected chi connectivity index (χ2v) is 4.19. The standard InChI is InChI=1S/C13H15F2N3/c1-16-11(12-7-17-8-18(12)2)6-9-4-3-5-10(14)13(9)15/h3-5,7-8,11,16H,6H2,1-2H3. The van der Waals surface area contributed by atoms with Gasteiger partial charge in [-0.15, -0.1) is 0 Å². The fraction of sp³-hybridized carbons (Fsp3) is 0.308. The van der Waals surface area contributed by atoms with Crippen LogP contribution in [-0.4, -0.2) is 16.6 Å². The molecule has 2 rings (SSSR count). The summed E-state index contributed by atoms with van der Waals surface area (Å²) in [6.45, 7) is 0. The summed E-state index contributed by atoms with van der Waals surface area (Å²) in [5, 5.41) is 3.09. The van der Waals surface area contributed by atoms with Crippen LogP contribution in [0.2, 0.25) is 0 Å². The van der Waals surface area contributed by atoms with Crippen LogP contribution in [0.5, 0.6) is 0 Å². The van der Waals surface area contributed by atoms with E-state index in [9.17, 15) is 8.78 Å². The molecule has 0 aliphatic rings. The monoisotopic (exact) mass is 251 g/mol. The molecule has 3 nitrogen and oxygen atoms in total. The van der Waals surface area contributed by atoms with Gasteiger partial charge in [0.2, 0.25) is 0 Å². The molecule has 18 heavy (non-hydrogen) atoms. The number of imidazole rings is 1. The molecule has 0 bridgehead atoms. The molecular weight excluding hydrogens is 236 g/mol. The Kier molecular flexibility index (Phi) is 3.72. The number of hydrogen-bond acceptors (Lipinski definition) is 2. The molecule has 0 aliphatic heterocycles. The van der Waals surface area contributed by atoms with Crippen LogP contribution in [0.15, 0.2) is 30.7 Å². The molecule has 1 atom stereocenters. The van der Waals surface area contributed by atoms with E-state index in [0.717, 1.165) is 11.8 Å². The first-order valence-electron chi connectivity index (χ1n) is 5.70. The molecule has 1 N–H and O–H groups in total. The molecule has 96 valence electrons. The van der Waals surface area contributed by atoms with Gasteiger partial charge >= 0.3 is 0 Å². The number of aromatic nitrogens is 2. The molecule has 1 aromatic heterocycles. The van der Waals surface area contributed by atoms with Crippen LogP contribution < -0.4 is 5.32 Å². The Morgan fingerprint density at radius 1 is 1.39 bits per heavy atom. The van der Waals surface area contributed by atoms with Crippen molar-refractivity contribution in [3.8, 4) is 0 Å². The molecule has 5 heteroatoms. The van der Waals surface area contributed by atoms with E-state index in [2.05, 4.69) is 10.3 Å². The van der Waals surface area contributed by atoms with Gasteiger partial charge in [0.15, 0.2) is 11.6 Å². The Morgan fingerprint density at radius 3 is 2.78 bits per heavy atom. The maximum Gasteiger partial charge on any atom is 0.162 e. The highest BCUT2D eigenvalue weighted by atomic mass is 19.2. The van der Waals surface area contributed by atoms with E-state index >= 15 is 0 Å². The minimum Gasteiger partial charge on any atom is -0.336 e. The predicted octanol–water partition coefficient (Wildman–Crippen LogP) is 2.20. The maximum atomic E-state index is 13.6. The number of aryl methyl sites for hydroxylation is 1. The van der Waals surface area contributed by atoms with E-state index in [1.165, 1.54) is 6.07 Å². The molecule has 0 aliphatic carbocycles. The molecule has 1 heterocycles. The first-order chi connectivity index (χ1) is 8.63. The molecular formula is C13H15F2N3. The Balaban J connectivity index is 2.26. The minimum atomic E-state index is -0.813. The zero-order valence-electron chi connectivity index (χ0n) is 10.3. The van der Waals surface area contributed by atoms with E-state index in [4.69, 9.17) is 0 Å². The number of likely N-dealkylation sites (N-methyl/N-ethyl adjacent to an activating group) is 1. The third kappa shape index (κ3) is 2.41. The summed E-state index contributed by atoms with van der Waals surface area (Å²) < 4.78 is 28.6. The van der Waals surface area contributed by atoms with E-state index in [1.807, 2.05) is 11.6 Å². The van der Waals surface area contributed by atoms with Gasteiger partial charge in [0.25, 0.3) is 0 Å². The van der Waals surface area contributed by atoms with Crippen molar-refractivity contribution in [1.29, 1.82) is 0 Å². The first kappa shape index (κ1) is 12.7. The number of hydrogen-bond donors (Lipinski definition) is 1. The van der Waals surface area contributed by atoms with Gasteiger partial charge in [0.05, 0.1) is 18.1 Å². The molecule has 2 aromatic rings. The second-order valence-electron chi connectivity index (χ2n) is 4.19. The Hall–Kier alpha value is -1.75. The normalized spacial score (nSPS) is 12.7. The maximum absolute atomic E-state index is 13.6. The zero-order chi connectivity index (χ0) is 13.1.